The quantitative estimate of drug-likeness (QED) is 0.407. The van der Waals surface area contributed by atoms with Crippen LogP contribution < -0.4 is 33.8 Å². The number of benzene rings is 2. The number of hydrogen-bond donors (Lipinski definition) is 0. The molecule has 1 unspecified atom stereocenters. The summed E-state index contributed by atoms with van der Waals surface area (Å²) >= 11 is 1.23. The smallest absolute Gasteiger partial charge is 0.338 e. The van der Waals surface area contributed by atoms with Crippen LogP contribution in [0.15, 0.2) is 51.4 Å². The van der Waals surface area contributed by atoms with Crippen molar-refractivity contribution in [2.45, 2.75) is 26.8 Å². The van der Waals surface area contributed by atoms with Crippen molar-refractivity contribution in [2.24, 2.45) is 4.99 Å². The maximum Gasteiger partial charge on any atom is 0.338 e. The Morgan fingerprint density at radius 3 is 2.42 bits per heavy atom. The molecule has 0 saturated heterocycles. The Bertz CT molecular complexity index is 1600. The minimum Gasteiger partial charge on any atom is -0.497 e. The molecule has 1 aromatic heterocycles. The van der Waals surface area contributed by atoms with Crippen molar-refractivity contribution >= 4 is 23.4 Å². The molecule has 10 heteroatoms. The number of aromatic nitrogens is 1. The summed E-state index contributed by atoms with van der Waals surface area (Å²) in [7, 11) is 6.20. The second kappa shape index (κ2) is 11.1. The van der Waals surface area contributed by atoms with E-state index in [2.05, 4.69) is 4.99 Å². The molecule has 2 heterocycles. The van der Waals surface area contributed by atoms with Gasteiger partial charge in [-0.1, -0.05) is 23.5 Å². The average Bonchev–Trinajstić information content (AvgIpc) is 3.22. The van der Waals surface area contributed by atoms with Crippen LogP contribution in [0.1, 0.15) is 36.6 Å². The fourth-order valence-electron chi connectivity index (χ4n) is 4.55. The van der Waals surface area contributed by atoms with Gasteiger partial charge in [0.2, 0.25) is 0 Å². The second-order valence-electron chi connectivity index (χ2n) is 8.45. The zero-order valence-electron chi connectivity index (χ0n) is 22.4. The van der Waals surface area contributed by atoms with Crippen molar-refractivity contribution in [1.29, 1.82) is 0 Å². The highest BCUT2D eigenvalue weighted by Crippen LogP contribution is 2.40. The molecule has 0 saturated carbocycles. The van der Waals surface area contributed by atoms with Crippen molar-refractivity contribution in [1.82, 2.24) is 4.57 Å². The summed E-state index contributed by atoms with van der Waals surface area (Å²) in [6, 6.07) is 8.15. The Kier molecular flexibility index (Phi) is 7.91. The summed E-state index contributed by atoms with van der Waals surface area (Å²) < 4.78 is 29.5. The van der Waals surface area contributed by atoms with Crippen LogP contribution in [0.25, 0.3) is 6.08 Å². The number of esters is 1. The van der Waals surface area contributed by atoms with Crippen LogP contribution in [-0.2, 0) is 9.53 Å². The molecule has 2 aromatic carbocycles. The number of carbonyl (C=O) groups is 1. The topological polar surface area (TPSA) is 97.6 Å². The van der Waals surface area contributed by atoms with Gasteiger partial charge < -0.3 is 23.7 Å². The maximum atomic E-state index is 14.0. The second-order valence-corrected chi connectivity index (χ2v) is 9.45. The van der Waals surface area contributed by atoms with E-state index < -0.39 is 12.0 Å². The van der Waals surface area contributed by atoms with Crippen molar-refractivity contribution in [3.8, 4) is 23.0 Å². The van der Waals surface area contributed by atoms with Crippen LogP contribution in [0.3, 0.4) is 0 Å². The van der Waals surface area contributed by atoms with E-state index in [1.165, 1.54) is 30.1 Å². The van der Waals surface area contributed by atoms with E-state index in [9.17, 15) is 9.59 Å². The molecule has 0 bridgehead atoms. The highest BCUT2D eigenvalue weighted by atomic mass is 32.1. The maximum absolute atomic E-state index is 14.0. The van der Waals surface area contributed by atoms with E-state index in [4.69, 9.17) is 23.7 Å². The van der Waals surface area contributed by atoms with Crippen LogP contribution in [-0.4, -0.2) is 45.6 Å². The number of allylic oxidation sites excluding steroid dienone is 1. The van der Waals surface area contributed by atoms with Gasteiger partial charge in [0.15, 0.2) is 16.3 Å². The minimum absolute atomic E-state index is 0.179. The average molecular weight is 539 g/mol. The van der Waals surface area contributed by atoms with Gasteiger partial charge in [-0.25, -0.2) is 9.79 Å². The number of aryl methyl sites for hydroxylation is 1. The van der Waals surface area contributed by atoms with Crippen LogP contribution in [0.5, 0.6) is 23.0 Å². The van der Waals surface area contributed by atoms with Gasteiger partial charge in [-0.2, -0.15) is 0 Å². The number of fused-ring (bicyclic) bond motifs is 1. The monoisotopic (exact) mass is 538 g/mol. The highest BCUT2D eigenvalue weighted by molar-refractivity contribution is 7.07. The van der Waals surface area contributed by atoms with E-state index in [0.29, 0.717) is 43.6 Å². The molecule has 0 aliphatic carbocycles. The number of rotatable bonds is 8. The molecule has 9 nitrogen and oxygen atoms in total. The number of methoxy groups -OCH3 is 4. The number of carbonyl (C=O) groups excluding carboxylic acids is 1. The summed E-state index contributed by atoms with van der Waals surface area (Å²) in [4.78, 5) is 32.3. The Morgan fingerprint density at radius 1 is 1.05 bits per heavy atom. The summed E-state index contributed by atoms with van der Waals surface area (Å²) in [5.74, 6) is 1.56. The van der Waals surface area contributed by atoms with E-state index >= 15 is 0 Å². The molecule has 0 radical (unpaired) electrons. The van der Waals surface area contributed by atoms with Gasteiger partial charge in [0.1, 0.15) is 17.5 Å². The number of ether oxygens (including phenoxy) is 5. The molecule has 200 valence electrons. The number of thiazole rings is 1. The summed E-state index contributed by atoms with van der Waals surface area (Å²) in [6.45, 7) is 5.56. The molecule has 1 aliphatic heterocycles. The molecule has 3 aromatic rings. The number of nitrogens with zero attached hydrogens (tertiary/aromatic N) is 2. The van der Waals surface area contributed by atoms with Gasteiger partial charge in [0, 0.05) is 17.2 Å². The summed E-state index contributed by atoms with van der Waals surface area (Å²) in [6.07, 6.45) is 1.78. The molecule has 4 rings (SSSR count). The third-order valence-electron chi connectivity index (χ3n) is 6.30. The Hall–Kier alpha value is -4.05. The zero-order chi connectivity index (χ0) is 27.6. The van der Waals surface area contributed by atoms with Gasteiger partial charge in [0.05, 0.1) is 50.8 Å². The zero-order valence-corrected chi connectivity index (χ0v) is 23.2. The minimum atomic E-state index is -0.837. The fraction of sp³-hybridized carbons (Fsp3) is 0.321. The third-order valence-corrected chi connectivity index (χ3v) is 7.28. The van der Waals surface area contributed by atoms with Crippen molar-refractivity contribution in [3.63, 3.8) is 0 Å². The molecular formula is C28H30N2O7S. The molecule has 0 N–H and O–H groups in total. The van der Waals surface area contributed by atoms with Gasteiger partial charge in [-0.05, 0) is 44.5 Å². The first kappa shape index (κ1) is 27.0. The van der Waals surface area contributed by atoms with Crippen LogP contribution in [0, 0.1) is 6.92 Å². The highest BCUT2D eigenvalue weighted by Gasteiger charge is 2.35. The lowest BCUT2D eigenvalue weighted by molar-refractivity contribution is -0.139. The standard InChI is InChI=1S/C28H30N2O7S/c1-8-37-27(32)23-16(3)29-28-30(24(23)18-10-9-11-20(34-5)25(18)36-7)26(31)22(38-28)14-19-15(2)12-17(33-4)13-21(19)35-6/h9-14,24H,8H2,1-7H3. The van der Waals surface area contributed by atoms with Gasteiger partial charge in [-0.15, -0.1) is 0 Å². The molecular weight excluding hydrogens is 508 g/mol. The Balaban J connectivity index is 2.04. The van der Waals surface area contributed by atoms with Crippen molar-refractivity contribution in [3.05, 3.63) is 78.0 Å². The van der Waals surface area contributed by atoms with Crippen molar-refractivity contribution < 1.29 is 28.5 Å². The van der Waals surface area contributed by atoms with Crippen molar-refractivity contribution in [2.75, 3.05) is 35.0 Å². The van der Waals surface area contributed by atoms with Gasteiger partial charge in [0.25, 0.3) is 5.56 Å². The first-order valence-electron chi connectivity index (χ1n) is 11.9. The van der Waals surface area contributed by atoms with Crippen LogP contribution >= 0.6 is 11.3 Å². The molecule has 1 atom stereocenters. The largest absolute Gasteiger partial charge is 0.497 e. The van der Waals surface area contributed by atoms with Gasteiger partial charge >= 0.3 is 5.97 Å². The predicted octanol–water partition coefficient (Wildman–Crippen LogP) is 3.14. The number of para-hydroxylation sites is 1. The Labute approximate surface area is 224 Å². The normalized spacial score (nSPS) is 15.0. The molecule has 38 heavy (non-hydrogen) atoms. The lowest BCUT2D eigenvalue weighted by Gasteiger charge is -2.26. The van der Waals surface area contributed by atoms with Crippen LogP contribution in [0.4, 0.5) is 0 Å². The molecule has 1 aliphatic rings. The first-order valence-corrected chi connectivity index (χ1v) is 12.7. The molecule has 0 fully saturated rings. The first-order chi connectivity index (χ1) is 18.3. The lowest BCUT2D eigenvalue weighted by atomic mass is 9.94. The lowest BCUT2D eigenvalue weighted by Crippen LogP contribution is -2.40. The summed E-state index contributed by atoms with van der Waals surface area (Å²) in [5.41, 5.74) is 2.61. The predicted molar refractivity (Wildman–Crippen MR) is 144 cm³/mol. The van der Waals surface area contributed by atoms with E-state index in [1.807, 2.05) is 13.0 Å². The molecule has 0 spiro atoms. The van der Waals surface area contributed by atoms with Crippen LogP contribution in [0.2, 0.25) is 0 Å². The fourth-order valence-corrected chi connectivity index (χ4v) is 5.58. The third kappa shape index (κ3) is 4.67. The SMILES string of the molecule is CCOC(=O)C1=C(C)N=c2sc(=Cc3c(C)cc(OC)cc3OC)c(=O)n2C1c1cccc(OC)c1OC. The Morgan fingerprint density at radius 2 is 1.79 bits per heavy atom. The number of hydrogen-bond acceptors (Lipinski definition) is 9. The van der Waals surface area contributed by atoms with Gasteiger partial charge in [-0.3, -0.25) is 9.36 Å². The van der Waals surface area contributed by atoms with E-state index in [0.717, 1.165) is 11.1 Å². The van der Waals surface area contributed by atoms with E-state index in [-0.39, 0.29) is 17.7 Å². The molecule has 0 amide bonds. The van der Waals surface area contributed by atoms with E-state index in [1.54, 1.807) is 58.4 Å². The summed E-state index contributed by atoms with van der Waals surface area (Å²) in [5, 5.41) is 0.